The highest BCUT2D eigenvalue weighted by Gasteiger charge is 2.21. The number of H-pyrrole nitrogens is 1. The summed E-state index contributed by atoms with van der Waals surface area (Å²) in [6.07, 6.45) is 2.11. The Morgan fingerprint density at radius 2 is 2.08 bits per heavy atom. The minimum atomic E-state index is -0.138. The number of benzene rings is 2. The zero-order valence-corrected chi connectivity index (χ0v) is 14.5. The maximum Gasteiger partial charge on any atom is 0.255 e. The maximum atomic E-state index is 12.3. The topological polar surface area (TPSA) is 67.0 Å². The van der Waals surface area contributed by atoms with E-state index in [2.05, 4.69) is 31.2 Å². The van der Waals surface area contributed by atoms with Crippen LogP contribution in [0.1, 0.15) is 35.1 Å². The minimum Gasteiger partial charge on any atom is -0.370 e. The van der Waals surface area contributed by atoms with E-state index in [4.69, 9.17) is 4.74 Å². The van der Waals surface area contributed by atoms with Gasteiger partial charge in [-0.05, 0) is 55.3 Å². The number of hydrogen-bond donors (Lipinski definition) is 2. The zero-order chi connectivity index (χ0) is 16.5. The van der Waals surface area contributed by atoms with Gasteiger partial charge in [0, 0.05) is 22.3 Å². The second-order valence-corrected chi connectivity index (χ2v) is 6.73. The summed E-state index contributed by atoms with van der Waals surface area (Å²) < 4.78 is 6.61. The molecule has 1 atom stereocenters. The van der Waals surface area contributed by atoms with Crippen LogP contribution in [0.15, 0.2) is 46.9 Å². The van der Waals surface area contributed by atoms with E-state index in [1.165, 1.54) is 0 Å². The van der Waals surface area contributed by atoms with Gasteiger partial charge in [-0.25, -0.2) is 4.98 Å². The Hall–Kier alpha value is -2.18. The fourth-order valence-electron chi connectivity index (χ4n) is 2.86. The lowest BCUT2D eigenvalue weighted by atomic mass is 10.2. The Morgan fingerprint density at radius 3 is 2.83 bits per heavy atom. The molecule has 1 aromatic heterocycles. The van der Waals surface area contributed by atoms with Gasteiger partial charge in [-0.3, -0.25) is 4.79 Å². The number of fused-ring (bicyclic) bond motifs is 1. The maximum absolute atomic E-state index is 12.3. The molecule has 1 aliphatic rings. The van der Waals surface area contributed by atoms with Gasteiger partial charge in [0.1, 0.15) is 11.9 Å². The summed E-state index contributed by atoms with van der Waals surface area (Å²) in [6.45, 7) is 0.788. The van der Waals surface area contributed by atoms with Crippen molar-refractivity contribution in [3.8, 4) is 0 Å². The van der Waals surface area contributed by atoms with Crippen molar-refractivity contribution in [3.05, 3.63) is 58.3 Å². The standard InChI is InChI=1S/C18H16BrN3O2/c19-12-5-3-11(4-6-12)18(23)20-13-7-8-14-15(10-13)22-17(21-14)16-2-1-9-24-16/h3-8,10,16H,1-2,9H2,(H,20,23)(H,21,22). The fourth-order valence-corrected chi connectivity index (χ4v) is 3.12. The molecule has 0 aliphatic carbocycles. The van der Waals surface area contributed by atoms with E-state index in [9.17, 15) is 4.79 Å². The summed E-state index contributed by atoms with van der Waals surface area (Å²) in [5, 5.41) is 2.92. The van der Waals surface area contributed by atoms with Crippen LogP contribution in [-0.2, 0) is 4.74 Å². The largest absolute Gasteiger partial charge is 0.370 e. The van der Waals surface area contributed by atoms with Crippen LogP contribution in [0.2, 0.25) is 0 Å². The third kappa shape index (κ3) is 3.07. The van der Waals surface area contributed by atoms with E-state index in [0.29, 0.717) is 5.56 Å². The number of nitrogens with one attached hydrogen (secondary N) is 2. The summed E-state index contributed by atoms with van der Waals surface area (Å²) in [7, 11) is 0. The van der Waals surface area contributed by atoms with Gasteiger partial charge < -0.3 is 15.0 Å². The smallest absolute Gasteiger partial charge is 0.255 e. The SMILES string of the molecule is O=C(Nc1ccc2nc(C3CCCO3)[nH]c2c1)c1ccc(Br)cc1. The van der Waals surface area contributed by atoms with E-state index >= 15 is 0 Å². The average Bonchev–Trinajstić information content (AvgIpc) is 3.24. The second kappa shape index (κ2) is 6.37. The van der Waals surface area contributed by atoms with Gasteiger partial charge in [-0.15, -0.1) is 0 Å². The van der Waals surface area contributed by atoms with Crippen LogP contribution in [0.5, 0.6) is 0 Å². The third-order valence-electron chi connectivity index (χ3n) is 4.10. The van der Waals surface area contributed by atoms with Crippen LogP contribution in [0.4, 0.5) is 5.69 Å². The molecule has 1 fully saturated rings. The minimum absolute atomic E-state index is 0.0539. The number of nitrogens with zero attached hydrogens (tertiary/aromatic N) is 1. The normalized spacial score (nSPS) is 17.3. The van der Waals surface area contributed by atoms with Gasteiger partial charge >= 0.3 is 0 Å². The zero-order valence-electron chi connectivity index (χ0n) is 12.9. The van der Waals surface area contributed by atoms with E-state index in [1.807, 2.05) is 30.3 Å². The molecule has 2 heterocycles. The molecule has 1 saturated heterocycles. The molecule has 4 rings (SSSR count). The average molecular weight is 386 g/mol. The molecule has 0 saturated carbocycles. The van der Waals surface area contributed by atoms with Crippen LogP contribution >= 0.6 is 15.9 Å². The quantitative estimate of drug-likeness (QED) is 0.700. The molecule has 1 aliphatic heterocycles. The van der Waals surface area contributed by atoms with Gasteiger partial charge in [0.15, 0.2) is 0 Å². The lowest BCUT2D eigenvalue weighted by Gasteiger charge is -2.05. The van der Waals surface area contributed by atoms with Crippen molar-refractivity contribution in [2.75, 3.05) is 11.9 Å². The van der Waals surface area contributed by atoms with Crippen molar-refractivity contribution in [3.63, 3.8) is 0 Å². The number of anilines is 1. The first kappa shape index (κ1) is 15.4. The van der Waals surface area contributed by atoms with Gasteiger partial charge in [0.25, 0.3) is 5.91 Å². The predicted molar refractivity (Wildman–Crippen MR) is 96.1 cm³/mol. The molecule has 1 unspecified atom stereocenters. The van der Waals surface area contributed by atoms with Gasteiger partial charge in [-0.2, -0.15) is 0 Å². The van der Waals surface area contributed by atoms with E-state index < -0.39 is 0 Å². The van der Waals surface area contributed by atoms with Crippen molar-refractivity contribution in [2.45, 2.75) is 18.9 Å². The summed E-state index contributed by atoms with van der Waals surface area (Å²) in [5.74, 6) is 0.722. The summed E-state index contributed by atoms with van der Waals surface area (Å²) in [4.78, 5) is 20.2. The van der Waals surface area contributed by atoms with Crippen LogP contribution < -0.4 is 5.32 Å². The molecule has 0 bridgehead atoms. The van der Waals surface area contributed by atoms with Gasteiger partial charge in [0.05, 0.1) is 11.0 Å². The molecule has 122 valence electrons. The highest BCUT2D eigenvalue weighted by atomic mass is 79.9. The van der Waals surface area contributed by atoms with Crippen molar-refractivity contribution in [1.29, 1.82) is 0 Å². The van der Waals surface area contributed by atoms with E-state index in [1.54, 1.807) is 12.1 Å². The van der Waals surface area contributed by atoms with Crippen LogP contribution in [0.25, 0.3) is 11.0 Å². The molecular formula is C18H16BrN3O2. The molecule has 3 aromatic rings. The lowest BCUT2D eigenvalue weighted by Crippen LogP contribution is -2.11. The monoisotopic (exact) mass is 385 g/mol. The van der Waals surface area contributed by atoms with Crippen LogP contribution in [0.3, 0.4) is 0 Å². The number of ether oxygens (including phenoxy) is 1. The Bertz CT molecular complexity index is 883. The molecule has 0 spiro atoms. The first-order valence-corrected chi connectivity index (χ1v) is 8.66. The highest BCUT2D eigenvalue weighted by Crippen LogP contribution is 2.28. The second-order valence-electron chi connectivity index (χ2n) is 5.82. The number of halogens is 1. The van der Waals surface area contributed by atoms with Gasteiger partial charge in [0.2, 0.25) is 0 Å². The predicted octanol–water partition coefficient (Wildman–Crippen LogP) is 4.43. The molecule has 5 nitrogen and oxygen atoms in total. The van der Waals surface area contributed by atoms with Crippen molar-refractivity contribution in [2.24, 2.45) is 0 Å². The number of hydrogen-bond acceptors (Lipinski definition) is 3. The first-order chi connectivity index (χ1) is 11.7. The summed E-state index contributed by atoms with van der Waals surface area (Å²) >= 11 is 3.37. The number of aromatic nitrogens is 2. The Kier molecular flexibility index (Phi) is 4.08. The molecule has 24 heavy (non-hydrogen) atoms. The number of rotatable bonds is 3. The number of amides is 1. The number of aromatic amines is 1. The summed E-state index contributed by atoms with van der Waals surface area (Å²) in [5.41, 5.74) is 3.12. The number of imidazole rings is 1. The Morgan fingerprint density at radius 1 is 1.25 bits per heavy atom. The molecule has 2 N–H and O–H groups in total. The van der Waals surface area contributed by atoms with E-state index in [0.717, 1.165) is 46.5 Å². The summed E-state index contributed by atoms with van der Waals surface area (Å²) in [6, 6.07) is 12.9. The Balaban J connectivity index is 1.55. The molecular weight excluding hydrogens is 370 g/mol. The van der Waals surface area contributed by atoms with Crippen molar-refractivity contribution < 1.29 is 9.53 Å². The van der Waals surface area contributed by atoms with Crippen molar-refractivity contribution in [1.82, 2.24) is 9.97 Å². The van der Waals surface area contributed by atoms with Gasteiger partial charge in [-0.1, -0.05) is 15.9 Å². The third-order valence-corrected chi connectivity index (χ3v) is 4.63. The Labute approximate surface area is 147 Å². The molecule has 1 amide bonds. The first-order valence-electron chi connectivity index (χ1n) is 7.87. The van der Waals surface area contributed by atoms with E-state index in [-0.39, 0.29) is 12.0 Å². The highest BCUT2D eigenvalue weighted by molar-refractivity contribution is 9.10. The van der Waals surface area contributed by atoms with Crippen molar-refractivity contribution >= 4 is 38.6 Å². The molecule has 2 aromatic carbocycles. The number of carbonyl (C=O) groups is 1. The van der Waals surface area contributed by atoms with Crippen LogP contribution in [0, 0.1) is 0 Å². The fraction of sp³-hybridized carbons (Fsp3) is 0.222. The number of carbonyl (C=O) groups excluding carboxylic acids is 1. The lowest BCUT2D eigenvalue weighted by molar-refractivity contribution is 0.102. The van der Waals surface area contributed by atoms with Crippen LogP contribution in [-0.4, -0.2) is 22.5 Å². The molecule has 6 heteroatoms. The molecule has 0 radical (unpaired) electrons.